The summed E-state index contributed by atoms with van der Waals surface area (Å²) in [7, 11) is 2.02. The lowest BCUT2D eigenvalue weighted by molar-refractivity contribution is -0.126. The number of ether oxygens (including phenoxy) is 1. The highest BCUT2D eigenvalue weighted by Gasteiger charge is 2.33. The molecule has 2 N–H and O–H groups in total. The highest BCUT2D eigenvalue weighted by atomic mass is 16.5. The fraction of sp³-hybridized carbons (Fsp3) is 0.371. The Morgan fingerprint density at radius 1 is 1.10 bits per heavy atom. The first-order valence-electron chi connectivity index (χ1n) is 14.9. The molecule has 0 bridgehead atoms. The number of rotatable bonds is 7. The molecule has 0 radical (unpaired) electrons. The molecule has 1 amide bonds. The third-order valence-corrected chi connectivity index (χ3v) is 8.23. The van der Waals surface area contributed by atoms with Gasteiger partial charge in [0.15, 0.2) is 0 Å². The molecule has 2 aliphatic heterocycles. The van der Waals surface area contributed by atoms with Crippen molar-refractivity contribution in [3.63, 3.8) is 0 Å². The third kappa shape index (κ3) is 6.35. The van der Waals surface area contributed by atoms with E-state index in [2.05, 4.69) is 40.0 Å². The maximum atomic E-state index is 12.1. The Hall–Kier alpha value is -4.12. The molecule has 0 saturated carbocycles. The second-order valence-corrected chi connectivity index (χ2v) is 11.2. The zero-order valence-electron chi connectivity index (χ0n) is 24.9. The topological polar surface area (TPSA) is 76.1 Å². The maximum absolute atomic E-state index is 12.1. The predicted molar refractivity (Wildman–Crippen MR) is 170 cm³/mol. The van der Waals surface area contributed by atoms with Gasteiger partial charge in [-0.25, -0.2) is 4.99 Å². The van der Waals surface area contributed by atoms with Crippen LogP contribution < -0.4 is 10.5 Å². The predicted octanol–water partition coefficient (Wildman–Crippen LogP) is 6.08. The van der Waals surface area contributed by atoms with E-state index in [1.165, 1.54) is 6.08 Å². The fourth-order valence-corrected chi connectivity index (χ4v) is 6.02. The van der Waals surface area contributed by atoms with Crippen LogP contribution in [-0.4, -0.2) is 58.7 Å². The van der Waals surface area contributed by atoms with E-state index in [9.17, 15) is 4.79 Å². The molecule has 3 heterocycles. The molecule has 1 aromatic heterocycles. The van der Waals surface area contributed by atoms with Crippen LogP contribution in [0, 0.1) is 17.8 Å². The number of para-hydroxylation sites is 1. The first-order valence-corrected chi connectivity index (χ1v) is 14.9. The second kappa shape index (κ2) is 13.2. The van der Waals surface area contributed by atoms with E-state index in [1.54, 1.807) is 6.21 Å². The van der Waals surface area contributed by atoms with Crippen LogP contribution in [0.25, 0.3) is 11.1 Å². The van der Waals surface area contributed by atoms with Gasteiger partial charge in [0.25, 0.3) is 0 Å². The summed E-state index contributed by atoms with van der Waals surface area (Å²) < 4.78 is 8.10. The van der Waals surface area contributed by atoms with Crippen molar-refractivity contribution in [2.75, 3.05) is 26.2 Å². The zero-order valence-corrected chi connectivity index (χ0v) is 24.9. The van der Waals surface area contributed by atoms with Gasteiger partial charge in [0.05, 0.1) is 0 Å². The van der Waals surface area contributed by atoms with E-state index < -0.39 is 0 Å². The summed E-state index contributed by atoms with van der Waals surface area (Å²) in [6.07, 6.45) is 6.37. The van der Waals surface area contributed by atoms with Gasteiger partial charge in [-0.1, -0.05) is 42.8 Å². The van der Waals surface area contributed by atoms with E-state index in [0.717, 1.165) is 85.1 Å². The number of hydrogen-bond acceptors (Lipinski definition) is 5. The molecule has 7 nitrogen and oxygen atoms in total. The minimum absolute atomic E-state index is 0.0395. The van der Waals surface area contributed by atoms with Crippen LogP contribution in [0.4, 0.5) is 5.82 Å². The van der Waals surface area contributed by atoms with E-state index in [-0.39, 0.29) is 11.9 Å². The van der Waals surface area contributed by atoms with Crippen LogP contribution in [0.15, 0.2) is 72.2 Å². The van der Waals surface area contributed by atoms with Gasteiger partial charge in [0, 0.05) is 68.6 Å². The second-order valence-electron chi connectivity index (χ2n) is 11.2. The molecule has 2 unspecified atom stereocenters. The van der Waals surface area contributed by atoms with Gasteiger partial charge in [-0.05, 0) is 74.9 Å². The summed E-state index contributed by atoms with van der Waals surface area (Å²) in [5.74, 6) is 9.86. The van der Waals surface area contributed by atoms with Crippen LogP contribution in [0.5, 0.6) is 11.5 Å². The first-order chi connectivity index (χ1) is 20.4. The summed E-state index contributed by atoms with van der Waals surface area (Å²) in [5, 5.41) is 0. The number of nitrogens with two attached hydrogens (primary N) is 1. The highest BCUT2D eigenvalue weighted by Crippen LogP contribution is 2.40. The number of aliphatic imine (C=N–C) groups is 1. The van der Waals surface area contributed by atoms with E-state index in [1.807, 2.05) is 68.3 Å². The lowest BCUT2D eigenvalue weighted by Crippen LogP contribution is -2.51. The quantitative estimate of drug-likeness (QED) is 0.215. The van der Waals surface area contributed by atoms with Gasteiger partial charge < -0.3 is 19.9 Å². The number of carbonyl (C=O) groups is 1. The molecule has 218 valence electrons. The molecular weight excluding hydrogens is 522 g/mol. The maximum Gasteiger partial charge on any atom is 0.245 e. The van der Waals surface area contributed by atoms with Crippen molar-refractivity contribution >= 4 is 17.9 Å². The third-order valence-electron chi connectivity index (χ3n) is 8.23. The van der Waals surface area contributed by atoms with Crippen LogP contribution in [0.1, 0.15) is 50.4 Å². The number of likely N-dealkylation sites (tertiary alicyclic amines) is 2. The van der Waals surface area contributed by atoms with Crippen molar-refractivity contribution < 1.29 is 9.53 Å². The van der Waals surface area contributed by atoms with Crippen molar-refractivity contribution in [3.05, 3.63) is 78.5 Å². The van der Waals surface area contributed by atoms with Gasteiger partial charge >= 0.3 is 0 Å². The SMILES string of the molecule is C=CC(=O)N1CCCC(N2CC(C#Cc3c(-c4ccc(Oc5ccccc5)cc4)c(C(C)N)c(/N=C\C)n3C)C2)CC1. The summed E-state index contributed by atoms with van der Waals surface area (Å²) in [5.41, 5.74) is 10.5. The molecule has 0 spiro atoms. The number of hydrogen-bond donors (Lipinski definition) is 1. The zero-order chi connectivity index (χ0) is 29.6. The Morgan fingerprint density at radius 3 is 2.48 bits per heavy atom. The Bertz CT molecular complexity index is 1490. The van der Waals surface area contributed by atoms with Gasteiger partial charge in [0.1, 0.15) is 23.0 Å². The minimum atomic E-state index is -0.220. The van der Waals surface area contributed by atoms with Crippen molar-refractivity contribution in [1.29, 1.82) is 0 Å². The van der Waals surface area contributed by atoms with Crippen molar-refractivity contribution in [2.24, 2.45) is 23.7 Å². The molecule has 2 aliphatic rings. The molecule has 7 heteroatoms. The van der Waals surface area contributed by atoms with Gasteiger partial charge in [-0.2, -0.15) is 0 Å². The van der Waals surface area contributed by atoms with Crippen molar-refractivity contribution in [3.8, 4) is 34.5 Å². The fourth-order valence-electron chi connectivity index (χ4n) is 6.02. The molecule has 2 aromatic carbocycles. The first kappa shape index (κ1) is 29.4. The smallest absolute Gasteiger partial charge is 0.245 e. The van der Waals surface area contributed by atoms with Crippen LogP contribution >= 0.6 is 0 Å². The lowest BCUT2D eigenvalue weighted by Gasteiger charge is -2.42. The highest BCUT2D eigenvalue weighted by molar-refractivity contribution is 5.87. The summed E-state index contributed by atoms with van der Waals surface area (Å²) >= 11 is 0. The van der Waals surface area contributed by atoms with E-state index >= 15 is 0 Å². The Morgan fingerprint density at radius 2 is 1.81 bits per heavy atom. The van der Waals surface area contributed by atoms with Gasteiger partial charge in [-0.15, -0.1) is 0 Å². The molecule has 0 aliphatic carbocycles. The number of benzene rings is 2. The number of aromatic nitrogens is 1. The standard InChI is InChI=1S/C35H41N5O2/c1-5-32(41)39-21-10-11-28(20-22-39)40-23-26(24-40)14-19-31-34(33(25(3)36)35(37-6-2)38(31)4)27-15-17-30(18-16-27)42-29-12-8-7-9-13-29/h5-9,12-13,15-18,25-26,28H,1,10-11,20-24,36H2,2-4H3/b37-6-. The van der Waals surface area contributed by atoms with Crippen LogP contribution in [-0.2, 0) is 11.8 Å². The molecule has 3 aromatic rings. The number of nitrogens with zero attached hydrogens (tertiary/aromatic N) is 4. The molecule has 2 fully saturated rings. The summed E-state index contributed by atoms with van der Waals surface area (Å²) in [6, 6.07) is 18.2. The van der Waals surface area contributed by atoms with Crippen molar-refractivity contribution in [2.45, 2.75) is 45.2 Å². The average Bonchev–Trinajstić information content (AvgIpc) is 3.10. The minimum Gasteiger partial charge on any atom is -0.457 e. The van der Waals surface area contributed by atoms with E-state index in [0.29, 0.717) is 12.0 Å². The Kier molecular flexibility index (Phi) is 9.26. The van der Waals surface area contributed by atoms with Crippen LogP contribution in [0.2, 0.25) is 0 Å². The lowest BCUT2D eigenvalue weighted by atomic mass is 9.94. The monoisotopic (exact) mass is 563 g/mol. The van der Waals surface area contributed by atoms with Gasteiger partial charge in [-0.3, -0.25) is 9.69 Å². The van der Waals surface area contributed by atoms with Crippen molar-refractivity contribution in [1.82, 2.24) is 14.4 Å². The molecular formula is C35H41N5O2. The molecule has 2 saturated heterocycles. The molecule has 2 atom stereocenters. The van der Waals surface area contributed by atoms with Gasteiger partial charge in [0.2, 0.25) is 5.91 Å². The average molecular weight is 564 g/mol. The molecule has 42 heavy (non-hydrogen) atoms. The molecule has 5 rings (SSSR count). The normalized spacial score (nSPS) is 18.6. The number of carbonyl (C=O) groups excluding carboxylic acids is 1. The summed E-state index contributed by atoms with van der Waals surface area (Å²) in [6.45, 7) is 11.1. The summed E-state index contributed by atoms with van der Waals surface area (Å²) in [4.78, 5) is 21.2. The number of amides is 1. The van der Waals surface area contributed by atoms with Crippen LogP contribution in [0.3, 0.4) is 0 Å². The Balaban J connectivity index is 1.36. The Labute approximate surface area is 249 Å². The largest absolute Gasteiger partial charge is 0.457 e. The van der Waals surface area contributed by atoms with E-state index in [4.69, 9.17) is 15.5 Å².